The number of rotatable bonds is 10. The smallest absolute Gasteiger partial charge is 0.243 e. The van der Waals surface area contributed by atoms with Gasteiger partial charge < -0.3 is 14.6 Å². The fourth-order valence-corrected chi connectivity index (χ4v) is 5.05. The molecular weight excluding hydrogens is 402 g/mol. The van der Waals surface area contributed by atoms with Crippen molar-refractivity contribution in [3.05, 3.63) is 30.0 Å². The molecule has 1 aliphatic rings. The molecule has 0 spiro atoms. The second-order valence-electron chi connectivity index (χ2n) is 7.25. The quantitative estimate of drug-likeness (QED) is 0.577. The second-order valence-corrected chi connectivity index (χ2v) is 9.19. The maximum absolute atomic E-state index is 12.7. The molecule has 1 fully saturated rings. The third-order valence-electron chi connectivity index (χ3n) is 5.37. The molecule has 0 amide bonds. The van der Waals surface area contributed by atoms with Crippen molar-refractivity contribution in [2.45, 2.75) is 38.0 Å². The average Bonchev–Trinajstić information content (AvgIpc) is 3.44. The van der Waals surface area contributed by atoms with Gasteiger partial charge in [0.15, 0.2) is 0 Å². The molecule has 1 aliphatic heterocycles. The molecule has 2 aromatic rings. The van der Waals surface area contributed by atoms with Crippen molar-refractivity contribution in [1.29, 1.82) is 5.26 Å². The van der Waals surface area contributed by atoms with E-state index in [1.54, 1.807) is 24.3 Å². The van der Waals surface area contributed by atoms with E-state index in [2.05, 4.69) is 35.1 Å². The Morgan fingerprint density at radius 2 is 1.87 bits per heavy atom. The second kappa shape index (κ2) is 10.1. The van der Waals surface area contributed by atoms with E-state index in [-0.39, 0.29) is 10.6 Å². The number of oxazole rings is 1. The van der Waals surface area contributed by atoms with Gasteiger partial charge in [0.05, 0.1) is 4.90 Å². The van der Waals surface area contributed by atoms with Crippen LogP contribution in [0.5, 0.6) is 0 Å². The topological polar surface area (TPSA) is 102 Å². The molecule has 0 unspecified atom stereocenters. The standard InChI is InChI=1S/C21H29N5O3S/c1-3-25(4-2)13-7-12-23-21-19(16-22)24-20(29-21)17-8-10-18(11-9-17)30(27,28)26-14-5-6-15-26/h8-11,23H,3-7,12-15H2,1-2H3. The molecule has 0 radical (unpaired) electrons. The average molecular weight is 432 g/mol. The van der Waals surface area contributed by atoms with Crippen molar-refractivity contribution in [3.8, 4) is 17.5 Å². The fourth-order valence-electron chi connectivity index (χ4n) is 3.53. The normalized spacial score (nSPS) is 14.9. The largest absolute Gasteiger partial charge is 0.419 e. The van der Waals surface area contributed by atoms with Crippen LogP contribution in [-0.2, 0) is 10.0 Å². The van der Waals surface area contributed by atoms with Gasteiger partial charge in [-0.05, 0) is 63.2 Å². The zero-order valence-corrected chi connectivity index (χ0v) is 18.4. The Labute approximate surface area is 178 Å². The van der Waals surface area contributed by atoms with Gasteiger partial charge in [-0.25, -0.2) is 8.42 Å². The summed E-state index contributed by atoms with van der Waals surface area (Å²) in [5.41, 5.74) is 0.824. The van der Waals surface area contributed by atoms with Crippen LogP contribution in [0.4, 0.5) is 5.88 Å². The summed E-state index contributed by atoms with van der Waals surface area (Å²) in [5, 5.41) is 12.5. The van der Waals surface area contributed by atoms with Gasteiger partial charge in [-0.2, -0.15) is 14.6 Å². The molecule has 2 heterocycles. The highest BCUT2D eigenvalue weighted by Gasteiger charge is 2.27. The third kappa shape index (κ3) is 5.01. The molecule has 3 rings (SSSR count). The first-order valence-corrected chi connectivity index (χ1v) is 11.9. The predicted octanol–water partition coefficient (Wildman–Crippen LogP) is 3.14. The summed E-state index contributed by atoms with van der Waals surface area (Å²) in [4.78, 5) is 6.84. The number of anilines is 1. The first kappa shape index (κ1) is 22.3. The van der Waals surface area contributed by atoms with Crippen LogP contribution in [0.3, 0.4) is 0 Å². The van der Waals surface area contributed by atoms with Crippen LogP contribution in [-0.4, -0.2) is 61.9 Å². The van der Waals surface area contributed by atoms with Crippen LogP contribution in [0.1, 0.15) is 38.8 Å². The highest BCUT2D eigenvalue weighted by Crippen LogP contribution is 2.27. The summed E-state index contributed by atoms with van der Waals surface area (Å²) >= 11 is 0. The van der Waals surface area contributed by atoms with Gasteiger partial charge in [-0.15, -0.1) is 0 Å². The van der Waals surface area contributed by atoms with Crippen LogP contribution in [0.2, 0.25) is 0 Å². The number of nitrogens with one attached hydrogen (secondary N) is 1. The number of nitrogens with zero attached hydrogens (tertiary/aromatic N) is 4. The lowest BCUT2D eigenvalue weighted by Crippen LogP contribution is -2.27. The van der Waals surface area contributed by atoms with E-state index in [4.69, 9.17) is 4.42 Å². The summed E-state index contributed by atoms with van der Waals surface area (Å²) < 4.78 is 32.6. The summed E-state index contributed by atoms with van der Waals surface area (Å²) in [6.07, 6.45) is 2.72. The molecule has 1 aromatic carbocycles. The van der Waals surface area contributed by atoms with Crippen molar-refractivity contribution in [3.63, 3.8) is 0 Å². The van der Waals surface area contributed by atoms with E-state index in [0.29, 0.717) is 37.0 Å². The maximum Gasteiger partial charge on any atom is 0.243 e. The van der Waals surface area contributed by atoms with Crippen molar-refractivity contribution in [2.24, 2.45) is 0 Å². The van der Waals surface area contributed by atoms with Crippen molar-refractivity contribution < 1.29 is 12.8 Å². The third-order valence-corrected chi connectivity index (χ3v) is 7.28. The summed E-state index contributed by atoms with van der Waals surface area (Å²) in [6.45, 7) is 9.07. The van der Waals surface area contributed by atoms with E-state index >= 15 is 0 Å². The zero-order chi connectivity index (χ0) is 21.6. The monoisotopic (exact) mass is 431 g/mol. The Hall–Kier alpha value is -2.41. The van der Waals surface area contributed by atoms with Crippen LogP contribution in [0.25, 0.3) is 11.5 Å². The number of nitriles is 1. The van der Waals surface area contributed by atoms with Gasteiger partial charge in [0.25, 0.3) is 0 Å². The number of hydrogen-bond donors (Lipinski definition) is 1. The van der Waals surface area contributed by atoms with Gasteiger partial charge in [-0.3, -0.25) is 0 Å². The van der Waals surface area contributed by atoms with Gasteiger partial charge in [-0.1, -0.05) is 13.8 Å². The van der Waals surface area contributed by atoms with E-state index in [9.17, 15) is 13.7 Å². The summed E-state index contributed by atoms with van der Waals surface area (Å²) in [7, 11) is -3.46. The van der Waals surface area contributed by atoms with E-state index in [0.717, 1.165) is 38.9 Å². The number of aromatic nitrogens is 1. The van der Waals surface area contributed by atoms with Crippen molar-refractivity contribution >= 4 is 15.9 Å². The van der Waals surface area contributed by atoms with Crippen LogP contribution < -0.4 is 5.32 Å². The van der Waals surface area contributed by atoms with Gasteiger partial charge in [0.2, 0.25) is 27.5 Å². The Bertz CT molecular complexity index is 969. The number of hydrogen-bond acceptors (Lipinski definition) is 7. The maximum atomic E-state index is 12.7. The number of benzene rings is 1. The molecule has 1 aromatic heterocycles. The minimum absolute atomic E-state index is 0.196. The highest BCUT2D eigenvalue weighted by atomic mass is 32.2. The van der Waals surface area contributed by atoms with Crippen molar-refractivity contribution in [1.82, 2.24) is 14.2 Å². The zero-order valence-electron chi connectivity index (χ0n) is 17.6. The Balaban J connectivity index is 1.68. The minimum Gasteiger partial charge on any atom is -0.419 e. The predicted molar refractivity (Wildman–Crippen MR) is 116 cm³/mol. The molecule has 0 saturated carbocycles. The first-order chi connectivity index (χ1) is 14.5. The van der Waals surface area contributed by atoms with Gasteiger partial charge >= 0.3 is 0 Å². The van der Waals surface area contributed by atoms with Crippen LogP contribution in [0, 0.1) is 11.3 Å². The molecule has 30 heavy (non-hydrogen) atoms. The molecule has 8 nitrogen and oxygen atoms in total. The lowest BCUT2D eigenvalue weighted by molar-refractivity contribution is 0.302. The van der Waals surface area contributed by atoms with E-state index in [1.807, 2.05) is 0 Å². The molecule has 1 N–H and O–H groups in total. The molecule has 0 atom stereocenters. The molecule has 162 valence electrons. The molecule has 0 bridgehead atoms. The summed E-state index contributed by atoms with van der Waals surface area (Å²) in [6, 6.07) is 8.52. The van der Waals surface area contributed by atoms with Gasteiger partial charge in [0, 0.05) is 25.2 Å². The Morgan fingerprint density at radius 1 is 1.20 bits per heavy atom. The SMILES string of the molecule is CCN(CC)CCCNc1oc(-c2ccc(S(=O)(=O)N3CCCC3)cc2)nc1C#N. The first-order valence-electron chi connectivity index (χ1n) is 10.5. The van der Waals surface area contributed by atoms with Crippen LogP contribution in [0.15, 0.2) is 33.6 Å². The highest BCUT2D eigenvalue weighted by molar-refractivity contribution is 7.89. The van der Waals surface area contributed by atoms with Crippen molar-refractivity contribution in [2.75, 3.05) is 44.6 Å². The van der Waals surface area contributed by atoms with E-state index in [1.165, 1.54) is 4.31 Å². The Morgan fingerprint density at radius 3 is 2.47 bits per heavy atom. The minimum atomic E-state index is -3.46. The summed E-state index contributed by atoms with van der Waals surface area (Å²) in [5.74, 6) is 0.642. The fraction of sp³-hybridized carbons (Fsp3) is 0.524. The molecule has 0 aliphatic carbocycles. The lowest BCUT2D eigenvalue weighted by atomic mass is 10.2. The van der Waals surface area contributed by atoms with Gasteiger partial charge in [0.1, 0.15) is 6.07 Å². The Kier molecular flexibility index (Phi) is 7.48. The van der Waals surface area contributed by atoms with E-state index < -0.39 is 10.0 Å². The molecule has 9 heteroatoms. The number of sulfonamides is 1. The molecular formula is C21H29N5O3S. The lowest BCUT2D eigenvalue weighted by Gasteiger charge is -2.17. The van der Waals surface area contributed by atoms with Crippen LogP contribution >= 0.6 is 0 Å². The molecule has 1 saturated heterocycles.